The highest BCUT2D eigenvalue weighted by Gasteiger charge is 2.09. The fourth-order valence-electron chi connectivity index (χ4n) is 2.47. The minimum absolute atomic E-state index is 0.0931. The van der Waals surface area contributed by atoms with Gasteiger partial charge in [0.05, 0.1) is 12.2 Å². The number of hydrogen-bond donors (Lipinski definition) is 1. The summed E-state index contributed by atoms with van der Waals surface area (Å²) in [6, 6.07) is 12.3. The molecule has 0 aliphatic carbocycles. The van der Waals surface area contributed by atoms with Gasteiger partial charge in [0.2, 0.25) is 0 Å². The molecule has 0 aliphatic rings. The summed E-state index contributed by atoms with van der Waals surface area (Å²) in [5.41, 5.74) is 3.15. The van der Waals surface area contributed by atoms with Crippen LogP contribution in [0.3, 0.4) is 0 Å². The lowest BCUT2D eigenvalue weighted by atomic mass is 10.1. The van der Waals surface area contributed by atoms with Crippen LogP contribution in [0.25, 0.3) is 0 Å². The van der Waals surface area contributed by atoms with E-state index in [1.165, 1.54) is 0 Å². The molecule has 0 saturated heterocycles. The van der Waals surface area contributed by atoms with E-state index in [-0.39, 0.29) is 19.1 Å². The van der Waals surface area contributed by atoms with Crippen LogP contribution in [0.4, 0.5) is 5.69 Å². The van der Waals surface area contributed by atoms with Crippen molar-refractivity contribution in [2.24, 2.45) is 0 Å². The lowest BCUT2D eigenvalue weighted by Crippen LogP contribution is -2.20. The standard InChI is InChI=1S/C21H25NO5/c1-4-25-9-10-26-21(24)17-5-7-18(8-6-17)22-20(23)14-27-19-12-15(2)11-16(3)13-19/h5-8,11-13H,4,9-10,14H2,1-3H3,(H,22,23). The summed E-state index contributed by atoms with van der Waals surface area (Å²) in [5.74, 6) is -0.0419. The summed E-state index contributed by atoms with van der Waals surface area (Å²) in [4.78, 5) is 23.9. The molecule has 0 unspecified atom stereocenters. The Balaban J connectivity index is 1.81. The van der Waals surface area contributed by atoms with Crippen molar-refractivity contribution in [3.8, 4) is 5.75 Å². The molecule has 2 rings (SSSR count). The quantitative estimate of drug-likeness (QED) is 0.539. The number of carbonyl (C=O) groups excluding carboxylic acids is 2. The van der Waals surface area contributed by atoms with E-state index < -0.39 is 5.97 Å². The van der Waals surface area contributed by atoms with E-state index in [0.29, 0.717) is 30.2 Å². The first-order valence-electron chi connectivity index (χ1n) is 8.84. The Bertz CT molecular complexity index is 750. The van der Waals surface area contributed by atoms with E-state index in [1.54, 1.807) is 24.3 Å². The third-order valence-electron chi connectivity index (χ3n) is 3.63. The Morgan fingerprint density at radius 3 is 2.26 bits per heavy atom. The van der Waals surface area contributed by atoms with Crippen molar-refractivity contribution in [2.75, 3.05) is 31.7 Å². The molecule has 0 radical (unpaired) electrons. The third kappa shape index (κ3) is 7.11. The highest BCUT2D eigenvalue weighted by Crippen LogP contribution is 2.16. The van der Waals surface area contributed by atoms with E-state index in [4.69, 9.17) is 14.2 Å². The second kappa shape index (κ2) is 10.3. The number of hydrogen-bond acceptors (Lipinski definition) is 5. The van der Waals surface area contributed by atoms with Gasteiger partial charge in [-0.05, 0) is 68.3 Å². The van der Waals surface area contributed by atoms with Crippen molar-refractivity contribution < 1.29 is 23.8 Å². The maximum absolute atomic E-state index is 12.0. The maximum Gasteiger partial charge on any atom is 0.338 e. The fourth-order valence-corrected chi connectivity index (χ4v) is 2.47. The zero-order valence-electron chi connectivity index (χ0n) is 15.9. The van der Waals surface area contributed by atoms with Gasteiger partial charge in [0.15, 0.2) is 6.61 Å². The average molecular weight is 371 g/mol. The molecule has 144 valence electrons. The molecule has 6 nitrogen and oxygen atoms in total. The van der Waals surface area contributed by atoms with E-state index in [1.807, 2.05) is 39.0 Å². The van der Waals surface area contributed by atoms with Crippen molar-refractivity contribution in [1.82, 2.24) is 0 Å². The summed E-state index contributed by atoms with van der Waals surface area (Å²) < 4.78 is 15.7. The van der Waals surface area contributed by atoms with E-state index in [0.717, 1.165) is 11.1 Å². The van der Waals surface area contributed by atoms with Crippen LogP contribution >= 0.6 is 0 Å². The van der Waals surface area contributed by atoms with Gasteiger partial charge in [-0.3, -0.25) is 4.79 Å². The van der Waals surface area contributed by atoms with Crippen LogP contribution in [0.1, 0.15) is 28.4 Å². The molecule has 6 heteroatoms. The number of anilines is 1. The summed E-state index contributed by atoms with van der Waals surface area (Å²) in [5, 5.41) is 2.73. The van der Waals surface area contributed by atoms with Crippen molar-refractivity contribution >= 4 is 17.6 Å². The lowest BCUT2D eigenvalue weighted by Gasteiger charge is -2.09. The Morgan fingerprint density at radius 2 is 1.63 bits per heavy atom. The first-order valence-corrected chi connectivity index (χ1v) is 8.84. The number of carbonyl (C=O) groups is 2. The van der Waals surface area contributed by atoms with Gasteiger partial charge >= 0.3 is 5.97 Å². The first-order chi connectivity index (χ1) is 13.0. The van der Waals surface area contributed by atoms with Gasteiger partial charge in [-0.15, -0.1) is 0 Å². The van der Waals surface area contributed by atoms with Crippen LogP contribution in [0, 0.1) is 13.8 Å². The second-order valence-electron chi connectivity index (χ2n) is 6.07. The zero-order valence-corrected chi connectivity index (χ0v) is 15.9. The van der Waals surface area contributed by atoms with Crippen LogP contribution in [0.15, 0.2) is 42.5 Å². The predicted octanol–water partition coefficient (Wildman–Crippen LogP) is 3.51. The average Bonchev–Trinajstić information content (AvgIpc) is 2.63. The number of aryl methyl sites for hydroxylation is 2. The number of esters is 1. The van der Waals surface area contributed by atoms with Crippen LogP contribution in [0.2, 0.25) is 0 Å². The van der Waals surface area contributed by atoms with E-state index in [2.05, 4.69) is 5.32 Å². The summed E-state index contributed by atoms with van der Waals surface area (Å²) in [6.07, 6.45) is 0. The fraction of sp³-hybridized carbons (Fsp3) is 0.333. The molecule has 2 aromatic rings. The molecule has 0 atom stereocenters. The van der Waals surface area contributed by atoms with Gasteiger partial charge < -0.3 is 19.5 Å². The Kier molecular flexibility index (Phi) is 7.82. The third-order valence-corrected chi connectivity index (χ3v) is 3.63. The van der Waals surface area contributed by atoms with Gasteiger partial charge in [0.1, 0.15) is 12.4 Å². The normalized spacial score (nSPS) is 10.3. The minimum atomic E-state index is -0.425. The highest BCUT2D eigenvalue weighted by molar-refractivity contribution is 5.93. The molecule has 0 spiro atoms. The molecule has 0 bridgehead atoms. The number of rotatable bonds is 9. The Labute approximate surface area is 159 Å². The topological polar surface area (TPSA) is 73.9 Å². The van der Waals surface area contributed by atoms with Crippen LogP contribution in [-0.4, -0.2) is 38.3 Å². The molecule has 0 aromatic heterocycles. The minimum Gasteiger partial charge on any atom is -0.484 e. The summed E-state index contributed by atoms with van der Waals surface area (Å²) in [6.45, 7) is 6.90. The van der Waals surface area contributed by atoms with E-state index in [9.17, 15) is 9.59 Å². The van der Waals surface area contributed by atoms with Crippen LogP contribution in [-0.2, 0) is 14.3 Å². The van der Waals surface area contributed by atoms with Gasteiger partial charge in [0, 0.05) is 12.3 Å². The monoisotopic (exact) mass is 371 g/mol. The largest absolute Gasteiger partial charge is 0.484 e. The van der Waals surface area contributed by atoms with Gasteiger partial charge in [-0.25, -0.2) is 4.79 Å². The van der Waals surface area contributed by atoms with Crippen molar-refractivity contribution in [1.29, 1.82) is 0 Å². The molecule has 1 N–H and O–H groups in total. The molecule has 0 aliphatic heterocycles. The highest BCUT2D eigenvalue weighted by atomic mass is 16.6. The number of amides is 1. The van der Waals surface area contributed by atoms with Gasteiger partial charge in [-0.2, -0.15) is 0 Å². The molecular formula is C21H25NO5. The SMILES string of the molecule is CCOCCOC(=O)c1ccc(NC(=O)COc2cc(C)cc(C)c2)cc1. The van der Waals surface area contributed by atoms with Crippen molar-refractivity contribution in [3.63, 3.8) is 0 Å². The summed E-state index contributed by atoms with van der Waals surface area (Å²) in [7, 11) is 0. The van der Waals surface area contributed by atoms with Crippen LogP contribution < -0.4 is 10.1 Å². The number of nitrogens with one attached hydrogen (secondary N) is 1. The molecule has 27 heavy (non-hydrogen) atoms. The van der Waals surface area contributed by atoms with Crippen LogP contribution in [0.5, 0.6) is 5.75 Å². The van der Waals surface area contributed by atoms with Crippen molar-refractivity contribution in [2.45, 2.75) is 20.8 Å². The maximum atomic E-state index is 12.0. The molecule has 0 saturated carbocycles. The number of benzene rings is 2. The zero-order chi connectivity index (χ0) is 19.6. The molecule has 0 heterocycles. The second-order valence-corrected chi connectivity index (χ2v) is 6.07. The molecule has 1 amide bonds. The Morgan fingerprint density at radius 1 is 0.963 bits per heavy atom. The molecule has 0 fully saturated rings. The van der Waals surface area contributed by atoms with Crippen molar-refractivity contribution in [3.05, 3.63) is 59.2 Å². The van der Waals surface area contributed by atoms with Gasteiger partial charge in [0.25, 0.3) is 5.91 Å². The molecule has 2 aromatic carbocycles. The number of ether oxygens (including phenoxy) is 3. The first kappa shape index (κ1) is 20.5. The Hall–Kier alpha value is -2.86. The summed E-state index contributed by atoms with van der Waals surface area (Å²) >= 11 is 0. The molecular weight excluding hydrogens is 346 g/mol. The predicted molar refractivity (Wildman–Crippen MR) is 103 cm³/mol. The van der Waals surface area contributed by atoms with Gasteiger partial charge in [-0.1, -0.05) is 6.07 Å². The lowest BCUT2D eigenvalue weighted by molar-refractivity contribution is -0.118. The smallest absolute Gasteiger partial charge is 0.338 e. The van der Waals surface area contributed by atoms with E-state index >= 15 is 0 Å².